The molecule has 1 N–H and O–H groups in total. The Balaban J connectivity index is 1.34. The number of ether oxygens (including phenoxy) is 2. The molecule has 41 heavy (non-hydrogen) atoms. The maximum absolute atomic E-state index is 14.1. The second-order valence-electron chi connectivity index (χ2n) is 10.9. The van der Waals surface area contributed by atoms with E-state index in [9.17, 15) is 13.2 Å². The highest BCUT2D eigenvalue weighted by Crippen LogP contribution is 2.31. The number of para-hydroxylation sites is 2. The Morgan fingerprint density at radius 2 is 1.78 bits per heavy atom. The van der Waals surface area contributed by atoms with Gasteiger partial charge < -0.3 is 19.7 Å². The second-order valence-corrected chi connectivity index (χ2v) is 10.9. The van der Waals surface area contributed by atoms with Crippen molar-refractivity contribution in [1.29, 1.82) is 0 Å². The van der Waals surface area contributed by atoms with E-state index in [1.54, 1.807) is 44.4 Å². The number of alkyl halides is 3. The summed E-state index contributed by atoms with van der Waals surface area (Å²) in [5.41, 5.74) is 1.06. The lowest BCUT2D eigenvalue weighted by Crippen LogP contribution is -2.43. The van der Waals surface area contributed by atoms with Gasteiger partial charge in [-0.25, -0.2) is 18.2 Å². The van der Waals surface area contributed by atoms with Gasteiger partial charge in [0.25, 0.3) is 6.43 Å². The molecule has 2 aromatic heterocycles. The molecule has 0 radical (unpaired) electrons. The summed E-state index contributed by atoms with van der Waals surface area (Å²) >= 11 is 0. The van der Waals surface area contributed by atoms with E-state index in [2.05, 4.69) is 20.1 Å². The van der Waals surface area contributed by atoms with Crippen molar-refractivity contribution in [2.45, 2.75) is 51.2 Å². The smallest absolute Gasteiger partial charge is 0.296 e. The minimum absolute atomic E-state index is 0.342. The van der Waals surface area contributed by atoms with Crippen LogP contribution in [0.25, 0.3) is 16.9 Å². The van der Waals surface area contributed by atoms with Crippen molar-refractivity contribution in [1.82, 2.24) is 24.4 Å². The predicted molar refractivity (Wildman–Crippen MR) is 153 cm³/mol. The van der Waals surface area contributed by atoms with Gasteiger partial charge in [0.05, 0.1) is 30.9 Å². The zero-order valence-electron chi connectivity index (χ0n) is 23.8. The normalized spacial score (nSPS) is 20.7. The Hall–Kier alpha value is -2.96. The van der Waals surface area contributed by atoms with Gasteiger partial charge in [0, 0.05) is 51.9 Å². The number of halogens is 3. The zero-order valence-corrected chi connectivity index (χ0v) is 23.8. The molecular weight excluding hydrogens is 535 g/mol. The molecule has 0 amide bonds. The number of morpholine rings is 1. The van der Waals surface area contributed by atoms with E-state index in [0.717, 1.165) is 32.2 Å². The van der Waals surface area contributed by atoms with Crippen LogP contribution < -0.4 is 10.2 Å². The van der Waals surface area contributed by atoms with Crippen molar-refractivity contribution in [2.75, 3.05) is 69.9 Å². The molecule has 0 spiro atoms. The van der Waals surface area contributed by atoms with Crippen LogP contribution >= 0.6 is 0 Å². The Bertz CT molecular complexity index is 1260. The minimum Gasteiger partial charge on any atom is -0.383 e. The average Bonchev–Trinajstić information content (AvgIpc) is 3.39. The minimum atomic E-state index is -2.76. The monoisotopic (exact) mass is 575 g/mol. The van der Waals surface area contributed by atoms with Gasteiger partial charge >= 0.3 is 0 Å². The van der Waals surface area contributed by atoms with Crippen LogP contribution in [0.1, 0.15) is 44.9 Å². The highest BCUT2D eigenvalue weighted by Gasteiger charge is 2.27. The summed E-state index contributed by atoms with van der Waals surface area (Å²) in [5, 5.41) is 3.41. The maximum atomic E-state index is 14.1. The average molecular weight is 576 g/mol. The molecular formula is C29H40F3N7O2. The second kappa shape index (κ2) is 13.8. The number of methoxy groups -OCH3 is 1. The summed E-state index contributed by atoms with van der Waals surface area (Å²) in [7, 11) is 1.67. The van der Waals surface area contributed by atoms with E-state index >= 15 is 0 Å². The number of aromatic nitrogens is 4. The van der Waals surface area contributed by atoms with Gasteiger partial charge in [-0.2, -0.15) is 9.97 Å². The van der Waals surface area contributed by atoms with Crippen LogP contribution in [-0.2, 0) is 9.47 Å². The van der Waals surface area contributed by atoms with E-state index in [1.807, 2.05) is 0 Å². The predicted octanol–water partition coefficient (Wildman–Crippen LogP) is 4.87. The van der Waals surface area contributed by atoms with Crippen LogP contribution in [0.15, 0.2) is 30.3 Å². The number of benzene rings is 1. The van der Waals surface area contributed by atoms with Crippen molar-refractivity contribution < 1.29 is 22.6 Å². The van der Waals surface area contributed by atoms with Gasteiger partial charge in [0.2, 0.25) is 5.95 Å². The number of anilines is 2. The first-order valence-electron chi connectivity index (χ1n) is 14.5. The van der Waals surface area contributed by atoms with Crippen LogP contribution in [0.2, 0.25) is 0 Å². The fourth-order valence-electron chi connectivity index (χ4n) is 5.91. The number of fused-ring (bicyclic) bond motifs is 1. The summed E-state index contributed by atoms with van der Waals surface area (Å²) in [6.45, 7) is 6.47. The van der Waals surface area contributed by atoms with Crippen molar-refractivity contribution in [3.63, 3.8) is 0 Å². The molecule has 2 aliphatic rings. The molecule has 12 heteroatoms. The number of rotatable bonds is 12. The summed E-state index contributed by atoms with van der Waals surface area (Å²) in [5.74, 6) is 1.48. The van der Waals surface area contributed by atoms with Crippen molar-refractivity contribution >= 4 is 22.8 Å². The molecule has 5 rings (SSSR count). The van der Waals surface area contributed by atoms with Crippen LogP contribution in [0.3, 0.4) is 0 Å². The van der Waals surface area contributed by atoms with Gasteiger partial charge in [-0.3, -0.25) is 9.47 Å². The number of hydrogen-bond donors (Lipinski definition) is 1. The largest absolute Gasteiger partial charge is 0.383 e. The molecule has 1 unspecified atom stereocenters. The highest BCUT2D eigenvalue weighted by molar-refractivity contribution is 5.78. The Kier molecular flexibility index (Phi) is 9.94. The fraction of sp³-hybridized carbons (Fsp3) is 0.621. The standard InChI is InChI=1S/C29H40F3N7O2/c1-20(30)19-38(11-14-40-2)22-9-7-21(8-10-22)18-33-29-35-25(37-12-15-41-16-13-37)17-26(36-29)39-24-6-4-3-5-23(24)34-28(39)27(31)32/h3-6,17,20-22,27H,7-16,18-19H2,1-2H3,(H,33,35,36). The quantitative estimate of drug-likeness (QED) is 0.328. The first-order chi connectivity index (χ1) is 19.9. The lowest BCUT2D eigenvalue weighted by atomic mass is 9.85. The van der Waals surface area contributed by atoms with Gasteiger partial charge in [-0.05, 0) is 50.7 Å². The van der Waals surface area contributed by atoms with E-state index < -0.39 is 12.6 Å². The number of nitrogens with one attached hydrogen (secondary N) is 1. The third-order valence-electron chi connectivity index (χ3n) is 8.00. The summed E-state index contributed by atoms with van der Waals surface area (Å²) in [4.78, 5) is 18.0. The first kappa shape index (κ1) is 29.5. The van der Waals surface area contributed by atoms with Crippen LogP contribution in [0.5, 0.6) is 0 Å². The van der Waals surface area contributed by atoms with Crippen molar-refractivity contribution in [3.8, 4) is 5.82 Å². The molecule has 9 nitrogen and oxygen atoms in total. The Morgan fingerprint density at radius 1 is 1.05 bits per heavy atom. The topological polar surface area (TPSA) is 80.6 Å². The number of nitrogens with zero attached hydrogens (tertiary/aromatic N) is 6. The molecule has 1 aromatic carbocycles. The first-order valence-corrected chi connectivity index (χ1v) is 14.5. The van der Waals surface area contributed by atoms with Gasteiger partial charge in [0.1, 0.15) is 17.8 Å². The molecule has 224 valence electrons. The number of hydrogen-bond acceptors (Lipinski definition) is 8. The van der Waals surface area contributed by atoms with E-state index in [-0.39, 0.29) is 5.82 Å². The molecule has 1 atom stereocenters. The lowest BCUT2D eigenvalue weighted by molar-refractivity contribution is 0.0759. The summed E-state index contributed by atoms with van der Waals surface area (Å²) in [6.07, 6.45) is 0.330. The molecule has 0 bridgehead atoms. The van der Waals surface area contributed by atoms with E-state index in [0.29, 0.717) is 86.6 Å². The molecule has 3 aromatic rings. The zero-order chi connectivity index (χ0) is 28.8. The molecule has 1 saturated heterocycles. The highest BCUT2D eigenvalue weighted by atomic mass is 19.3. The van der Waals surface area contributed by atoms with Gasteiger partial charge in [-0.15, -0.1) is 0 Å². The third-order valence-corrected chi connectivity index (χ3v) is 8.00. The Labute approximate surface area is 239 Å². The van der Waals surface area contributed by atoms with Gasteiger partial charge in [0.15, 0.2) is 5.82 Å². The summed E-state index contributed by atoms with van der Waals surface area (Å²) < 4.78 is 54.2. The molecule has 1 aliphatic heterocycles. The molecule has 2 fully saturated rings. The van der Waals surface area contributed by atoms with Crippen molar-refractivity contribution in [2.24, 2.45) is 5.92 Å². The fourth-order valence-corrected chi connectivity index (χ4v) is 5.91. The van der Waals surface area contributed by atoms with Crippen LogP contribution in [-0.4, -0.2) is 96.3 Å². The van der Waals surface area contributed by atoms with Crippen LogP contribution in [0, 0.1) is 5.92 Å². The van der Waals surface area contributed by atoms with Crippen molar-refractivity contribution in [3.05, 3.63) is 36.2 Å². The van der Waals surface area contributed by atoms with Crippen LogP contribution in [0.4, 0.5) is 24.9 Å². The molecule has 1 saturated carbocycles. The van der Waals surface area contributed by atoms with E-state index in [4.69, 9.17) is 19.4 Å². The summed E-state index contributed by atoms with van der Waals surface area (Å²) in [6, 6.07) is 9.18. The number of imidazole rings is 1. The molecule has 3 heterocycles. The lowest BCUT2D eigenvalue weighted by Gasteiger charge is -2.37. The Morgan fingerprint density at radius 3 is 2.49 bits per heavy atom. The molecule has 1 aliphatic carbocycles. The SMILES string of the molecule is COCCN(CC(C)F)C1CCC(CNc2nc(N3CCOCC3)cc(-n3c(C(F)F)nc4ccccc43)n2)CC1. The maximum Gasteiger partial charge on any atom is 0.296 e. The van der Waals surface area contributed by atoms with Gasteiger partial charge in [-0.1, -0.05) is 12.1 Å². The third kappa shape index (κ3) is 7.28. The van der Waals surface area contributed by atoms with E-state index in [1.165, 1.54) is 4.57 Å².